The number of hydrogen-bond acceptors (Lipinski definition) is 16. The molecule has 3 aliphatic heterocycles. The summed E-state index contributed by atoms with van der Waals surface area (Å²) >= 11 is 0. The Hall–Kier alpha value is -10.4. The lowest BCUT2D eigenvalue weighted by molar-refractivity contribution is -0.138. The van der Waals surface area contributed by atoms with E-state index >= 15 is 0 Å². The highest BCUT2D eigenvalue weighted by molar-refractivity contribution is 8.24. The Morgan fingerprint density at radius 3 is 1.29 bits per heavy atom. The summed E-state index contributed by atoms with van der Waals surface area (Å²) in [6.07, 6.45) is -7.85. The normalized spacial score (nSPS) is 19.1. The number of likely N-dealkylation sites (N-methyl/N-ethyl adjacent to an activating group) is 1. The maximum Gasteiger partial charge on any atom is 0.416 e. The maximum absolute atomic E-state index is 13.7. The van der Waals surface area contributed by atoms with Crippen LogP contribution in [-0.4, -0.2) is 105 Å². The van der Waals surface area contributed by atoms with Gasteiger partial charge in [0.05, 0.1) is 102 Å². The molecule has 0 bridgehead atoms. The standard InChI is InChI=1S/C24H19F3N4O4S.C23H20F3N3O4S.C22H19F2N3O4S/c1-36(34,35)20-11-14(13-29)5-6-17(20)22-21-18(7-8-19(21)32)31(23(33)30(22)10-9-28)16-4-2-3-15(12-16)24(25,26)27;1-28-21(16-7-6-13(12-27)10-19(16)34(2,32)33)20-17(8-9-18(20)30)29(22(28)31)15-5-3-4-14(11-15)23(24,25)26;1-32(30,31)18-9-12(11-25)5-6-15(18)20-19-16(7-8-17(19)28)27(22(29)26-20)14-4-2-3-13(10-14)21(23)24/h2-6,11-12,22,34-35H,7-8,10H2,1H3;3-7,10-11,21,32-33H,8-9H2,1-2H3;2-6,9-10,20-21,30-31H,7-8H2,1H3,(H,26,29)/t22-;21-;20-/m111/s1. The molecular formula is C69H58F8N10O12S3. The molecule has 0 spiro atoms. The van der Waals surface area contributed by atoms with E-state index in [0.717, 1.165) is 51.3 Å². The highest BCUT2D eigenvalue weighted by atomic mass is 32.3. The van der Waals surface area contributed by atoms with Gasteiger partial charge >= 0.3 is 30.4 Å². The highest BCUT2D eigenvalue weighted by Gasteiger charge is 2.50. The van der Waals surface area contributed by atoms with E-state index in [9.17, 15) is 112 Å². The Labute approximate surface area is 581 Å². The molecule has 3 aliphatic carbocycles. The van der Waals surface area contributed by atoms with Crippen molar-refractivity contribution in [2.75, 3.05) is 47.1 Å². The largest absolute Gasteiger partial charge is 0.416 e. The van der Waals surface area contributed by atoms with Gasteiger partial charge in [-0.3, -0.25) is 61.3 Å². The summed E-state index contributed by atoms with van der Waals surface area (Å²) in [5.74, 6) is -0.910. The molecule has 530 valence electrons. The molecule has 12 rings (SSSR count). The second-order valence-electron chi connectivity index (χ2n) is 24.1. The average molecular weight is 1470 g/mol. The summed E-state index contributed by atoms with van der Waals surface area (Å²) in [6.45, 7) is -0.536. The number of urea groups is 3. The van der Waals surface area contributed by atoms with E-state index in [1.807, 2.05) is 24.3 Å². The molecule has 22 nitrogen and oxygen atoms in total. The van der Waals surface area contributed by atoms with E-state index in [0.29, 0.717) is 11.3 Å². The topological polar surface area (TPSA) is 347 Å². The summed E-state index contributed by atoms with van der Waals surface area (Å²) < 4.78 is 169. The zero-order chi connectivity index (χ0) is 74.6. The van der Waals surface area contributed by atoms with Crippen LogP contribution in [0.2, 0.25) is 0 Å². The molecular weight excluding hydrogens is 1410 g/mol. The van der Waals surface area contributed by atoms with Crippen LogP contribution in [0.15, 0.2) is 176 Å². The molecule has 0 saturated heterocycles. The van der Waals surface area contributed by atoms with E-state index in [4.69, 9.17) is 0 Å². The van der Waals surface area contributed by atoms with Crippen LogP contribution in [-0.2, 0) is 26.7 Å². The van der Waals surface area contributed by atoms with Gasteiger partial charge in [-0.1, -0.05) is 42.5 Å². The van der Waals surface area contributed by atoms with Crippen molar-refractivity contribution in [3.05, 3.63) is 211 Å². The molecule has 6 aromatic rings. The fourth-order valence-electron chi connectivity index (χ4n) is 13.0. The summed E-state index contributed by atoms with van der Waals surface area (Å²) in [5.41, 5.74) is 0.502. The highest BCUT2D eigenvalue weighted by Crippen LogP contribution is 2.56. The quantitative estimate of drug-likeness (QED) is 0.0468. The third-order valence-corrected chi connectivity index (χ3v) is 21.0. The number of rotatable bonds is 11. The Morgan fingerprint density at radius 1 is 0.490 bits per heavy atom. The molecule has 0 unspecified atom stereocenters. The fraction of sp³-hybridized carbons (Fsp3) is 0.246. The predicted molar refractivity (Wildman–Crippen MR) is 358 cm³/mol. The maximum atomic E-state index is 13.7. The minimum atomic E-state index is -4.67. The number of nitrogens with one attached hydrogen (secondary N) is 1. The number of nitrogens with zero attached hydrogens (tertiary/aromatic N) is 9. The number of alkyl halides is 8. The molecule has 3 heterocycles. The van der Waals surface area contributed by atoms with Crippen molar-refractivity contribution in [3.8, 4) is 24.3 Å². The SMILES string of the molecule is CN1C(=O)N(c2cccc(C(F)(F)F)c2)C2=C(C(=O)CC2)[C@H]1c1ccc(C#N)cc1S(C)(O)O.CS(O)(O)c1cc(C#N)ccc1[C@@H]1C2=C(CCC2=O)N(c2cccc(C(F)(F)F)c2)C(=O)N1CC#N.CS(O)(O)c1cc(C#N)ccc1[C@H]1NC(=O)N(c2cccc(C(F)F)c2)C2=C1C(=O)CC2. The lowest BCUT2D eigenvalue weighted by Gasteiger charge is -2.43. The Morgan fingerprint density at radius 2 is 0.873 bits per heavy atom. The Bertz CT molecular complexity index is 4810. The van der Waals surface area contributed by atoms with Gasteiger partial charge in [-0.25, -0.2) is 23.2 Å². The van der Waals surface area contributed by atoms with Crippen LogP contribution in [0.1, 0.15) is 113 Å². The number of allylic oxidation sites excluding steroid dienone is 3. The summed E-state index contributed by atoms with van der Waals surface area (Å²) in [7, 11) is -8.70. The third-order valence-electron chi connectivity index (χ3n) is 17.4. The van der Waals surface area contributed by atoms with Crippen molar-refractivity contribution < 1.29 is 91.2 Å². The van der Waals surface area contributed by atoms with Crippen molar-refractivity contribution in [2.45, 2.75) is 90.1 Å². The number of ketones is 3. The van der Waals surface area contributed by atoms with Gasteiger partial charge in [-0.05, 0) is 104 Å². The van der Waals surface area contributed by atoms with Crippen LogP contribution in [0.4, 0.5) is 66.6 Å². The van der Waals surface area contributed by atoms with Gasteiger partial charge in [0.1, 0.15) is 6.54 Å². The van der Waals surface area contributed by atoms with Gasteiger partial charge in [-0.15, -0.1) is 0 Å². The molecule has 3 atom stereocenters. The first-order valence-corrected chi connectivity index (χ1v) is 36.2. The van der Waals surface area contributed by atoms with Gasteiger partial charge in [-0.2, -0.15) is 79.2 Å². The molecule has 102 heavy (non-hydrogen) atoms. The minimum Gasteiger partial charge on any atom is -0.326 e. The minimum absolute atomic E-state index is 0.0156. The summed E-state index contributed by atoms with van der Waals surface area (Å²) in [4.78, 5) is 84.7. The van der Waals surface area contributed by atoms with Crippen molar-refractivity contribution in [2.24, 2.45) is 0 Å². The summed E-state index contributed by atoms with van der Waals surface area (Å²) in [5, 5.41) is 39.9. The van der Waals surface area contributed by atoms with Crippen LogP contribution in [0, 0.1) is 45.3 Å². The molecule has 33 heteroatoms. The monoisotopic (exact) mass is 1470 g/mol. The molecule has 6 amide bonds. The van der Waals surface area contributed by atoms with Gasteiger partial charge < -0.3 is 10.2 Å². The number of carbonyl (C=O) groups excluding carboxylic acids is 6. The lowest BCUT2D eigenvalue weighted by Crippen LogP contribution is -2.50. The number of hydrogen-bond donors (Lipinski definition) is 7. The van der Waals surface area contributed by atoms with Gasteiger partial charge in [0, 0.05) is 101 Å². The van der Waals surface area contributed by atoms with Gasteiger partial charge in [0.2, 0.25) is 0 Å². The predicted octanol–water partition coefficient (Wildman–Crippen LogP) is 16.1. The molecule has 7 N–H and O–H groups in total. The smallest absolute Gasteiger partial charge is 0.326 e. The van der Waals surface area contributed by atoms with Gasteiger partial charge in [0.15, 0.2) is 17.3 Å². The fourth-order valence-corrected chi connectivity index (χ4v) is 15.9. The number of anilines is 3. The number of halogens is 8. The molecule has 6 aromatic carbocycles. The first-order chi connectivity index (χ1) is 47.8. The van der Waals surface area contributed by atoms with E-state index in [-0.39, 0.29) is 149 Å². The van der Waals surface area contributed by atoms with E-state index in [2.05, 4.69) is 5.32 Å². The van der Waals surface area contributed by atoms with E-state index in [1.165, 1.54) is 126 Å². The molecule has 0 aromatic heterocycles. The molecule has 6 aliphatic rings. The Balaban J connectivity index is 0.000000165. The summed E-state index contributed by atoms with van der Waals surface area (Å²) in [6, 6.07) is 28.6. The van der Waals surface area contributed by atoms with Crippen LogP contribution in [0.5, 0.6) is 0 Å². The Kier molecular flexibility index (Phi) is 20.5. The van der Waals surface area contributed by atoms with E-state index < -0.39 is 104 Å². The molecule has 0 fully saturated rings. The number of Topliss-reactive ketones (excluding diaryl/α,β-unsaturated/α-hetero) is 3. The van der Waals surface area contributed by atoms with Crippen LogP contribution in [0.3, 0.4) is 0 Å². The average Bonchev–Trinajstić information content (AvgIpc) is 1.36. The molecule has 0 radical (unpaired) electrons. The zero-order valence-electron chi connectivity index (χ0n) is 53.8. The van der Waals surface area contributed by atoms with Crippen LogP contribution < -0.4 is 20.0 Å². The van der Waals surface area contributed by atoms with Crippen molar-refractivity contribution >= 4 is 84.3 Å². The number of amides is 6. The van der Waals surface area contributed by atoms with Crippen LogP contribution >= 0.6 is 31.8 Å². The first-order valence-electron chi connectivity index (χ1n) is 30.3. The van der Waals surface area contributed by atoms with Crippen molar-refractivity contribution in [3.63, 3.8) is 0 Å². The molecule has 0 saturated carbocycles. The lowest BCUT2D eigenvalue weighted by atomic mass is 9.92. The van der Waals surface area contributed by atoms with Gasteiger partial charge in [0.25, 0.3) is 6.43 Å². The van der Waals surface area contributed by atoms with Crippen molar-refractivity contribution in [1.29, 1.82) is 21.0 Å². The second-order valence-corrected chi connectivity index (χ2v) is 30.4. The van der Waals surface area contributed by atoms with Crippen molar-refractivity contribution in [1.82, 2.24) is 15.1 Å². The van der Waals surface area contributed by atoms with E-state index in [1.54, 1.807) is 0 Å². The number of benzene rings is 6. The first kappa shape index (κ1) is 74.3. The number of carbonyl (C=O) groups is 6. The number of nitriles is 4. The van der Waals surface area contributed by atoms with Crippen LogP contribution in [0.25, 0.3) is 0 Å². The zero-order valence-corrected chi connectivity index (χ0v) is 56.2. The third kappa shape index (κ3) is 14.4. The second kappa shape index (κ2) is 28.2.